The Morgan fingerprint density at radius 3 is 3.09 bits per heavy atom. The van der Waals surface area contributed by atoms with Crippen LogP contribution in [-0.2, 0) is 12.3 Å². The Kier molecular flexibility index (Phi) is 3.90. The number of nitrogens with zero attached hydrogens (tertiary/aromatic N) is 1. The maximum atomic E-state index is 5.46. The molecule has 2 nitrogen and oxygen atoms in total. The largest absolute Gasteiger partial charge is 0.326 e. The minimum Gasteiger partial charge on any atom is -0.326 e. The van der Waals surface area contributed by atoms with Crippen LogP contribution in [0, 0.1) is 0 Å². The summed E-state index contributed by atoms with van der Waals surface area (Å²) in [6.07, 6.45) is 1.87. The van der Waals surface area contributed by atoms with Gasteiger partial charge in [-0.05, 0) is 5.75 Å². The van der Waals surface area contributed by atoms with Gasteiger partial charge in [-0.2, -0.15) is 11.8 Å². The topological polar surface area (TPSA) is 38.9 Å². The molecular weight excluding hydrogens is 176 g/mol. The van der Waals surface area contributed by atoms with Gasteiger partial charge in [-0.25, -0.2) is 4.98 Å². The lowest BCUT2D eigenvalue weighted by Gasteiger charge is -1.90. The highest BCUT2D eigenvalue weighted by molar-refractivity contribution is 7.98. The third-order valence-corrected chi connectivity index (χ3v) is 3.32. The second-order valence-electron chi connectivity index (χ2n) is 2.06. The van der Waals surface area contributed by atoms with Gasteiger partial charge in [-0.3, -0.25) is 0 Å². The Balaban J connectivity index is 2.44. The van der Waals surface area contributed by atoms with Crippen molar-refractivity contribution < 1.29 is 0 Å². The molecule has 1 rings (SSSR count). The van der Waals surface area contributed by atoms with Gasteiger partial charge >= 0.3 is 0 Å². The van der Waals surface area contributed by atoms with E-state index in [-0.39, 0.29) is 0 Å². The summed E-state index contributed by atoms with van der Waals surface area (Å²) in [5.41, 5.74) is 5.46. The molecule has 0 aliphatic heterocycles. The van der Waals surface area contributed by atoms with Crippen molar-refractivity contribution in [3.63, 3.8) is 0 Å². The van der Waals surface area contributed by atoms with Crippen LogP contribution >= 0.6 is 23.1 Å². The van der Waals surface area contributed by atoms with Crippen molar-refractivity contribution in [3.05, 3.63) is 16.1 Å². The van der Waals surface area contributed by atoms with Crippen LogP contribution in [0.25, 0.3) is 0 Å². The van der Waals surface area contributed by atoms with Crippen molar-refractivity contribution in [2.75, 3.05) is 5.75 Å². The van der Waals surface area contributed by atoms with Gasteiger partial charge in [0.25, 0.3) is 0 Å². The van der Waals surface area contributed by atoms with Crippen LogP contribution in [0.3, 0.4) is 0 Å². The molecule has 4 heteroatoms. The molecule has 0 fully saturated rings. The SMILES string of the molecule is CCSCc1ncc(CN)s1. The summed E-state index contributed by atoms with van der Waals surface area (Å²) >= 11 is 3.61. The predicted octanol–water partition coefficient (Wildman–Crippen LogP) is 1.85. The molecule has 0 amide bonds. The third-order valence-electron chi connectivity index (χ3n) is 1.23. The van der Waals surface area contributed by atoms with Gasteiger partial charge in [-0.1, -0.05) is 6.92 Å². The molecule has 1 aromatic rings. The number of hydrogen-bond donors (Lipinski definition) is 1. The van der Waals surface area contributed by atoms with E-state index >= 15 is 0 Å². The summed E-state index contributed by atoms with van der Waals surface area (Å²) in [6, 6.07) is 0. The average Bonchev–Trinajstić information content (AvgIpc) is 2.48. The molecule has 0 radical (unpaired) electrons. The van der Waals surface area contributed by atoms with Crippen molar-refractivity contribution >= 4 is 23.1 Å². The molecule has 0 saturated heterocycles. The summed E-state index contributed by atoms with van der Waals surface area (Å²) < 4.78 is 0. The van der Waals surface area contributed by atoms with Crippen LogP contribution in [0.15, 0.2) is 6.20 Å². The molecule has 0 saturated carbocycles. The Bertz CT molecular complexity index is 210. The first-order chi connectivity index (χ1) is 5.36. The molecule has 0 spiro atoms. The summed E-state index contributed by atoms with van der Waals surface area (Å²) in [7, 11) is 0. The van der Waals surface area contributed by atoms with Crippen molar-refractivity contribution in [2.45, 2.75) is 19.2 Å². The van der Waals surface area contributed by atoms with E-state index in [1.54, 1.807) is 11.3 Å². The fourth-order valence-electron chi connectivity index (χ4n) is 0.698. The highest BCUT2D eigenvalue weighted by atomic mass is 32.2. The highest BCUT2D eigenvalue weighted by Gasteiger charge is 1.98. The Hall–Kier alpha value is -0.0600. The van der Waals surface area contributed by atoms with Crippen LogP contribution in [0.2, 0.25) is 0 Å². The summed E-state index contributed by atoms with van der Waals surface area (Å²) in [5.74, 6) is 2.18. The van der Waals surface area contributed by atoms with E-state index in [0.29, 0.717) is 6.54 Å². The van der Waals surface area contributed by atoms with E-state index in [0.717, 1.165) is 11.5 Å². The third kappa shape index (κ3) is 2.81. The minimum atomic E-state index is 0.620. The molecule has 0 atom stereocenters. The minimum absolute atomic E-state index is 0.620. The van der Waals surface area contributed by atoms with E-state index in [1.165, 1.54) is 9.88 Å². The quantitative estimate of drug-likeness (QED) is 0.784. The first-order valence-corrected chi connectivity index (χ1v) is 5.55. The van der Waals surface area contributed by atoms with Gasteiger partial charge in [0.2, 0.25) is 0 Å². The number of thioether (sulfide) groups is 1. The molecule has 0 aliphatic rings. The van der Waals surface area contributed by atoms with Gasteiger partial charge in [0.1, 0.15) is 5.01 Å². The lowest BCUT2D eigenvalue weighted by atomic mass is 10.6. The number of rotatable bonds is 4. The van der Waals surface area contributed by atoms with E-state index in [2.05, 4.69) is 11.9 Å². The zero-order chi connectivity index (χ0) is 8.10. The highest BCUT2D eigenvalue weighted by Crippen LogP contribution is 2.17. The van der Waals surface area contributed by atoms with Gasteiger partial charge in [0, 0.05) is 23.4 Å². The zero-order valence-corrected chi connectivity index (χ0v) is 8.17. The van der Waals surface area contributed by atoms with Crippen LogP contribution in [0.5, 0.6) is 0 Å². The molecule has 1 aromatic heterocycles. The van der Waals surface area contributed by atoms with E-state index < -0.39 is 0 Å². The molecular formula is C7H12N2S2. The zero-order valence-electron chi connectivity index (χ0n) is 6.54. The van der Waals surface area contributed by atoms with E-state index in [1.807, 2.05) is 18.0 Å². The smallest absolute Gasteiger partial charge is 0.103 e. The Labute approximate surface area is 75.2 Å². The Morgan fingerprint density at radius 2 is 2.55 bits per heavy atom. The predicted molar refractivity (Wildman–Crippen MR) is 51.8 cm³/mol. The monoisotopic (exact) mass is 188 g/mol. The standard InChI is InChI=1S/C7H12N2S2/c1-2-10-5-7-9-4-6(3-8)11-7/h4H,2-3,5,8H2,1H3. The fourth-order valence-corrected chi connectivity index (χ4v) is 2.23. The van der Waals surface area contributed by atoms with E-state index in [4.69, 9.17) is 5.73 Å². The summed E-state index contributed by atoms with van der Waals surface area (Å²) in [5, 5.41) is 1.19. The van der Waals surface area contributed by atoms with E-state index in [9.17, 15) is 0 Å². The molecule has 0 aromatic carbocycles. The number of hydrogen-bond acceptors (Lipinski definition) is 4. The van der Waals surface area contributed by atoms with Crippen molar-refractivity contribution in [2.24, 2.45) is 5.73 Å². The van der Waals surface area contributed by atoms with Crippen molar-refractivity contribution in [3.8, 4) is 0 Å². The molecule has 1 heterocycles. The molecule has 0 unspecified atom stereocenters. The van der Waals surface area contributed by atoms with Crippen LogP contribution in [0.1, 0.15) is 16.8 Å². The van der Waals surface area contributed by atoms with Gasteiger partial charge in [0.05, 0.1) is 0 Å². The fraction of sp³-hybridized carbons (Fsp3) is 0.571. The maximum absolute atomic E-state index is 5.46. The number of nitrogens with two attached hydrogens (primary N) is 1. The molecule has 0 bridgehead atoms. The maximum Gasteiger partial charge on any atom is 0.103 e. The molecule has 2 N–H and O–H groups in total. The normalized spacial score (nSPS) is 10.4. The van der Waals surface area contributed by atoms with Crippen molar-refractivity contribution in [1.29, 1.82) is 0 Å². The van der Waals surface area contributed by atoms with Gasteiger partial charge in [0.15, 0.2) is 0 Å². The van der Waals surface area contributed by atoms with Gasteiger partial charge in [-0.15, -0.1) is 11.3 Å². The van der Waals surface area contributed by atoms with Crippen molar-refractivity contribution in [1.82, 2.24) is 4.98 Å². The number of thiazole rings is 1. The molecule has 0 aliphatic carbocycles. The Morgan fingerprint density at radius 1 is 1.73 bits per heavy atom. The van der Waals surface area contributed by atoms with Gasteiger partial charge < -0.3 is 5.73 Å². The second kappa shape index (κ2) is 4.74. The summed E-state index contributed by atoms with van der Waals surface area (Å²) in [6.45, 7) is 2.77. The second-order valence-corrected chi connectivity index (χ2v) is 4.54. The first kappa shape index (κ1) is 9.03. The van der Waals surface area contributed by atoms with Crippen LogP contribution in [0.4, 0.5) is 0 Å². The summed E-state index contributed by atoms with van der Waals surface area (Å²) in [4.78, 5) is 5.42. The van der Waals surface area contributed by atoms with Crippen LogP contribution < -0.4 is 5.73 Å². The lowest BCUT2D eigenvalue weighted by Crippen LogP contribution is -1.91. The molecule has 11 heavy (non-hydrogen) atoms. The van der Waals surface area contributed by atoms with Crippen LogP contribution in [-0.4, -0.2) is 10.7 Å². The number of aromatic nitrogens is 1. The molecule has 62 valence electrons. The average molecular weight is 188 g/mol. The lowest BCUT2D eigenvalue weighted by molar-refractivity contribution is 1.09. The first-order valence-electron chi connectivity index (χ1n) is 3.58.